The summed E-state index contributed by atoms with van der Waals surface area (Å²) in [5.74, 6) is -2.99. The van der Waals surface area contributed by atoms with Crippen LogP contribution in [0.2, 0.25) is 0 Å². The minimum atomic E-state index is -4.77. The Kier molecular flexibility index (Phi) is 18.3. The summed E-state index contributed by atoms with van der Waals surface area (Å²) in [5.41, 5.74) is -0.607. The molecule has 0 N–H and O–H groups in total. The summed E-state index contributed by atoms with van der Waals surface area (Å²) in [4.78, 5) is 49.5. The zero-order valence-electron chi connectivity index (χ0n) is 32.2. The monoisotopic (exact) mass is 858 g/mol. The minimum Gasteiger partial charge on any atom is -0.744 e. The summed E-state index contributed by atoms with van der Waals surface area (Å²) >= 11 is 0. The average Bonchev–Trinajstić information content (AvgIpc) is 3.18. The molecule has 0 aliphatic heterocycles. The normalized spacial score (nSPS) is 18.8. The van der Waals surface area contributed by atoms with E-state index in [0.29, 0.717) is 0 Å². The van der Waals surface area contributed by atoms with Crippen LogP contribution in [0.15, 0.2) is 46.2 Å². The van der Waals surface area contributed by atoms with Crippen molar-refractivity contribution in [2.75, 3.05) is 0 Å². The first-order valence-electron chi connectivity index (χ1n) is 19.7. The fourth-order valence-corrected chi connectivity index (χ4v) is 8.64. The maximum absolute atomic E-state index is 12.7. The molecule has 2 aromatic rings. The summed E-state index contributed by atoms with van der Waals surface area (Å²) < 4.78 is 90.2. The summed E-state index contributed by atoms with van der Waals surface area (Å²) in [6.45, 7) is 0. The minimum absolute atomic E-state index is 0. The number of rotatable bonds is 10. The van der Waals surface area contributed by atoms with E-state index in [4.69, 9.17) is 18.9 Å². The van der Waals surface area contributed by atoms with Gasteiger partial charge in [-0.05, 0) is 139 Å². The molecule has 6 rings (SSSR count). The Morgan fingerprint density at radius 1 is 0.404 bits per heavy atom. The second-order valence-corrected chi connectivity index (χ2v) is 17.7. The zero-order valence-corrected chi connectivity index (χ0v) is 36.0. The number of carbonyl (C=O) groups is 4. The van der Waals surface area contributed by atoms with Crippen molar-refractivity contribution in [3.8, 4) is 0 Å². The molecule has 0 heterocycles. The molecular weight excluding hydrogens is 809 g/mol. The summed E-state index contributed by atoms with van der Waals surface area (Å²) in [7, 11) is -9.54. The predicted octanol–water partition coefficient (Wildman–Crippen LogP) is 6.76. The predicted molar refractivity (Wildman–Crippen MR) is 204 cm³/mol. The SMILES string of the molecule is O=C(OC1CCCCC1)c1ccc(S(=O)(=O)[O-])cc1C(=O)OC1CCCCC1.O=C(OC1CCCCC1)c1ccc(S(=O)(=O)[O-])cc1C(=O)OC1CCCCC1.[Ca+2]. The van der Waals surface area contributed by atoms with Crippen molar-refractivity contribution < 1.29 is 64.1 Å². The van der Waals surface area contributed by atoms with Crippen LogP contribution in [-0.2, 0) is 39.2 Å². The van der Waals surface area contributed by atoms with E-state index in [1.54, 1.807) is 0 Å². The van der Waals surface area contributed by atoms with Gasteiger partial charge in [-0.3, -0.25) is 0 Å². The van der Waals surface area contributed by atoms with Gasteiger partial charge in [-0.2, -0.15) is 0 Å². The van der Waals surface area contributed by atoms with Crippen molar-refractivity contribution in [2.45, 2.75) is 163 Å². The molecule has 0 atom stereocenters. The van der Waals surface area contributed by atoms with E-state index in [-0.39, 0.29) is 84.4 Å². The molecule has 0 unspecified atom stereocenters. The van der Waals surface area contributed by atoms with Crippen molar-refractivity contribution >= 4 is 81.9 Å². The van der Waals surface area contributed by atoms with Crippen molar-refractivity contribution in [3.05, 3.63) is 58.7 Å². The molecular formula is C40H50CaO14S2. The molecule has 4 saturated carbocycles. The molecule has 0 radical (unpaired) electrons. The summed E-state index contributed by atoms with van der Waals surface area (Å²) in [5, 5.41) is 0. The number of benzene rings is 2. The van der Waals surface area contributed by atoms with Gasteiger partial charge >= 0.3 is 61.6 Å². The van der Waals surface area contributed by atoms with E-state index in [9.17, 15) is 45.1 Å². The van der Waals surface area contributed by atoms with E-state index in [1.165, 1.54) is 0 Å². The van der Waals surface area contributed by atoms with Crippen LogP contribution >= 0.6 is 0 Å². The maximum Gasteiger partial charge on any atom is 2.00 e. The van der Waals surface area contributed by atoms with Gasteiger partial charge in [0.25, 0.3) is 0 Å². The first kappa shape index (κ1) is 47.1. The van der Waals surface area contributed by atoms with Gasteiger partial charge in [0.15, 0.2) is 0 Å². The van der Waals surface area contributed by atoms with Gasteiger partial charge in [-0.1, -0.05) is 25.7 Å². The van der Waals surface area contributed by atoms with Crippen LogP contribution in [0.3, 0.4) is 0 Å². The van der Waals surface area contributed by atoms with Crippen molar-refractivity contribution in [3.63, 3.8) is 0 Å². The Hall–Kier alpha value is -2.60. The van der Waals surface area contributed by atoms with Gasteiger partial charge in [0.05, 0.1) is 32.0 Å². The second kappa shape index (κ2) is 22.1. The average molecular weight is 859 g/mol. The van der Waals surface area contributed by atoms with Crippen molar-refractivity contribution in [1.29, 1.82) is 0 Å². The molecule has 0 saturated heterocycles. The van der Waals surface area contributed by atoms with Crippen LogP contribution in [0.1, 0.15) is 170 Å². The van der Waals surface area contributed by atoms with E-state index >= 15 is 0 Å². The molecule has 4 aliphatic carbocycles. The Morgan fingerprint density at radius 3 is 0.860 bits per heavy atom. The van der Waals surface area contributed by atoms with Gasteiger partial charge < -0.3 is 28.1 Å². The van der Waals surface area contributed by atoms with Crippen LogP contribution in [0.25, 0.3) is 0 Å². The first-order valence-corrected chi connectivity index (χ1v) is 22.5. The van der Waals surface area contributed by atoms with E-state index < -0.39 is 53.9 Å². The summed E-state index contributed by atoms with van der Waals surface area (Å²) in [6.07, 6.45) is 17.1. The van der Waals surface area contributed by atoms with Gasteiger partial charge in [0.2, 0.25) is 0 Å². The van der Waals surface area contributed by atoms with Crippen LogP contribution < -0.4 is 0 Å². The molecule has 0 spiro atoms. The smallest absolute Gasteiger partial charge is 0.744 e. The zero-order chi connectivity index (χ0) is 40.3. The fraction of sp³-hybridized carbons (Fsp3) is 0.600. The molecule has 14 nitrogen and oxygen atoms in total. The molecule has 0 bridgehead atoms. The van der Waals surface area contributed by atoms with Crippen LogP contribution in [0.4, 0.5) is 0 Å². The molecule has 308 valence electrons. The molecule has 17 heteroatoms. The first-order chi connectivity index (χ1) is 26.7. The third-order valence-electron chi connectivity index (χ3n) is 10.7. The van der Waals surface area contributed by atoms with Crippen LogP contribution in [0, 0.1) is 0 Å². The van der Waals surface area contributed by atoms with Gasteiger partial charge in [-0.15, -0.1) is 0 Å². The summed E-state index contributed by atoms with van der Waals surface area (Å²) in [6, 6.07) is 6.21. The standard InChI is InChI=1S/2C20H26O7S.Ca/c2*21-19(26-14-7-3-1-4-8-14)17-12-11-16(28(23,24)25)13-18(17)20(22)27-15-9-5-2-6-10-15;/h2*11-15H,1-10H2,(H,23,24,25);/q;;+2/p-2. The van der Waals surface area contributed by atoms with Gasteiger partial charge in [-0.25, -0.2) is 36.0 Å². The molecule has 2 aromatic carbocycles. The molecule has 4 aliphatic rings. The Labute approximate surface area is 364 Å². The van der Waals surface area contributed by atoms with E-state index in [2.05, 4.69) is 0 Å². The van der Waals surface area contributed by atoms with E-state index in [0.717, 1.165) is 165 Å². The maximum atomic E-state index is 12.7. The van der Waals surface area contributed by atoms with Crippen molar-refractivity contribution in [1.82, 2.24) is 0 Å². The Balaban J connectivity index is 0.000000248. The Bertz CT molecular complexity index is 1780. The largest absolute Gasteiger partial charge is 2.00 e. The molecule has 57 heavy (non-hydrogen) atoms. The molecule has 0 aromatic heterocycles. The van der Waals surface area contributed by atoms with E-state index in [1.807, 2.05) is 0 Å². The topological polar surface area (TPSA) is 220 Å². The quantitative estimate of drug-likeness (QED) is 0.104. The second-order valence-electron chi connectivity index (χ2n) is 15.0. The molecule has 0 amide bonds. The third-order valence-corrected chi connectivity index (χ3v) is 12.4. The number of carbonyl (C=O) groups excluding carboxylic acids is 4. The number of esters is 4. The molecule has 4 fully saturated rings. The number of ether oxygens (including phenoxy) is 4. The van der Waals surface area contributed by atoms with Gasteiger partial charge in [0.1, 0.15) is 44.7 Å². The van der Waals surface area contributed by atoms with Crippen LogP contribution in [0.5, 0.6) is 0 Å². The fourth-order valence-electron chi connectivity index (χ4n) is 7.64. The van der Waals surface area contributed by atoms with Gasteiger partial charge in [0, 0.05) is 0 Å². The number of hydrogen-bond donors (Lipinski definition) is 0. The Morgan fingerprint density at radius 2 is 0.632 bits per heavy atom. The van der Waals surface area contributed by atoms with Crippen LogP contribution in [-0.4, -0.2) is 112 Å². The van der Waals surface area contributed by atoms with Crippen molar-refractivity contribution in [2.24, 2.45) is 0 Å². The third kappa shape index (κ3) is 14.3. The number of hydrogen-bond acceptors (Lipinski definition) is 14.